The molecule has 1 aliphatic rings. The van der Waals surface area contributed by atoms with E-state index in [1.807, 2.05) is 6.07 Å². The summed E-state index contributed by atoms with van der Waals surface area (Å²) in [6.45, 7) is 6.37. The number of hydrogen-bond acceptors (Lipinski definition) is 2. The molecule has 1 aliphatic heterocycles. The molecule has 0 atom stereocenters. The number of carboxylic acids is 1. The van der Waals surface area contributed by atoms with Gasteiger partial charge in [0.05, 0.1) is 5.56 Å². The lowest BCUT2D eigenvalue weighted by Gasteiger charge is -2.26. The molecule has 0 saturated carbocycles. The Balaban J connectivity index is 1.95. The Morgan fingerprint density at radius 3 is 2.62 bits per heavy atom. The number of aromatic carboxylic acids is 1. The van der Waals surface area contributed by atoms with Crippen molar-refractivity contribution in [2.45, 2.75) is 39.3 Å². The van der Waals surface area contributed by atoms with Gasteiger partial charge in [-0.1, -0.05) is 6.42 Å². The second-order valence-corrected chi connectivity index (χ2v) is 5.80. The van der Waals surface area contributed by atoms with E-state index >= 15 is 0 Å². The lowest BCUT2D eigenvalue weighted by atomic mass is 10.1. The van der Waals surface area contributed by atoms with Crippen molar-refractivity contribution in [1.29, 1.82) is 0 Å². The molecule has 0 aliphatic carbocycles. The van der Waals surface area contributed by atoms with E-state index in [0.29, 0.717) is 5.56 Å². The summed E-state index contributed by atoms with van der Waals surface area (Å²) in [4.78, 5) is 13.6. The Labute approximate surface area is 125 Å². The van der Waals surface area contributed by atoms with E-state index in [1.165, 1.54) is 38.0 Å². The van der Waals surface area contributed by atoms with Gasteiger partial charge in [0.2, 0.25) is 0 Å². The van der Waals surface area contributed by atoms with Crippen molar-refractivity contribution in [1.82, 2.24) is 9.47 Å². The topological polar surface area (TPSA) is 45.5 Å². The van der Waals surface area contributed by atoms with Crippen molar-refractivity contribution >= 4 is 16.9 Å². The lowest BCUT2D eigenvalue weighted by molar-refractivity contribution is 0.0697. The van der Waals surface area contributed by atoms with E-state index in [-0.39, 0.29) is 0 Å². The zero-order chi connectivity index (χ0) is 14.8. The number of hydrogen-bond donors (Lipinski definition) is 1. The average molecular weight is 286 g/mol. The van der Waals surface area contributed by atoms with Crippen LogP contribution in [0.15, 0.2) is 24.3 Å². The van der Waals surface area contributed by atoms with Crippen molar-refractivity contribution in [2.24, 2.45) is 0 Å². The fraction of sp³-hybridized carbons (Fsp3) is 0.471. The zero-order valence-corrected chi connectivity index (χ0v) is 12.5. The number of aromatic nitrogens is 1. The van der Waals surface area contributed by atoms with Gasteiger partial charge in [0, 0.05) is 29.7 Å². The Bertz CT molecular complexity index is 654. The summed E-state index contributed by atoms with van der Waals surface area (Å²) in [5, 5.41) is 10.2. The van der Waals surface area contributed by atoms with Crippen LogP contribution in [0.4, 0.5) is 0 Å². The molecule has 112 valence electrons. The molecule has 3 rings (SSSR count). The zero-order valence-electron chi connectivity index (χ0n) is 12.5. The van der Waals surface area contributed by atoms with Crippen LogP contribution in [0.5, 0.6) is 0 Å². The van der Waals surface area contributed by atoms with Gasteiger partial charge >= 0.3 is 5.97 Å². The molecule has 4 heteroatoms. The molecule has 1 aromatic heterocycles. The highest BCUT2D eigenvalue weighted by Gasteiger charge is 2.15. The third-order valence-corrected chi connectivity index (χ3v) is 4.38. The average Bonchev–Trinajstić information content (AvgIpc) is 2.84. The van der Waals surface area contributed by atoms with Crippen LogP contribution < -0.4 is 0 Å². The number of nitrogens with zero attached hydrogens (tertiary/aromatic N) is 2. The van der Waals surface area contributed by atoms with Crippen molar-refractivity contribution in [3.8, 4) is 0 Å². The van der Waals surface area contributed by atoms with E-state index < -0.39 is 5.97 Å². The quantitative estimate of drug-likeness (QED) is 0.937. The predicted molar refractivity (Wildman–Crippen MR) is 83.7 cm³/mol. The van der Waals surface area contributed by atoms with E-state index in [9.17, 15) is 4.79 Å². The SMILES string of the molecule is CCn1c(CN2CCCCC2)cc2cc(C(=O)O)ccc21. The molecule has 0 unspecified atom stereocenters. The molecule has 0 spiro atoms. The number of benzene rings is 1. The van der Waals surface area contributed by atoms with Crippen LogP contribution in [0, 0.1) is 0 Å². The molecule has 0 bridgehead atoms. The number of aryl methyl sites for hydroxylation is 1. The van der Waals surface area contributed by atoms with Crippen molar-refractivity contribution in [3.05, 3.63) is 35.5 Å². The predicted octanol–water partition coefficient (Wildman–Crippen LogP) is 3.35. The van der Waals surface area contributed by atoms with Gasteiger partial charge in [0.15, 0.2) is 0 Å². The van der Waals surface area contributed by atoms with Gasteiger partial charge in [-0.3, -0.25) is 4.90 Å². The fourth-order valence-corrected chi connectivity index (χ4v) is 3.31. The smallest absolute Gasteiger partial charge is 0.335 e. The van der Waals surface area contributed by atoms with Crippen molar-refractivity contribution in [3.63, 3.8) is 0 Å². The number of carboxylic acid groups (broad SMARTS) is 1. The first-order chi connectivity index (χ1) is 10.2. The van der Waals surface area contributed by atoms with Gasteiger partial charge in [-0.05, 0) is 57.1 Å². The highest BCUT2D eigenvalue weighted by atomic mass is 16.4. The molecule has 4 nitrogen and oxygen atoms in total. The number of carbonyl (C=O) groups is 1. The van der Waals surface area contributed by atoms with Crippen LogP contribution in [0.2, 0.25) is 0 Å². The first kappa shape index (κ1) is 14.1. The number of fused-ring (bicyclic) bond motifs is 1. The molecule has 2 aromatic rings. The number of likely N-dealkylation sites (tertiary alicyclic amines) is 1. The minimum absolute atomic E-state index is 0.361. The number of rotatable bonds is 4. The molecule has 1 aromatic carbocycles. The minimum Gasteiger partial charge on any atom is -0.478 e. The van der Waals surface area contributed by atoms with Crippen LogP contribution in [0.3, 0.4) is 0 Å². The molecule has 0 amide bonds. The van der Waals surface area contributed by atoms with Crippen LogP contribution in [-0.4, -0.2) is 33.6 Å². The Morgan fingerprint density at radius 2 is 1.95 bits per heavy atom. The molecular formula is C17H22N2O2. The Morgan fingerprint density at radius 1 is 1.19 bits per heavy atom. The highest BCUT2D eigenvalue weighted by Crippen LogP contribution is 2.23. The minimum atomic E-state index is -0.862. The third-order valence-electron chi connectivity index (χ3n) is 4.38. The largest absolute Gasteiger partial charge is 0.478 e. The first-order valence-electron chi connectivity index (χ1n) is 7.77. The van der Waals surface area contributed by atoms with Crippen LogP contribution in [0.1, 0.15) is 42.2 Å². The van der Waals surface area contributed by atoms with Crippen LogP contribution in [0.25, 0.3) is 10.9 Å². The summed E-state index contributed by atoms with van der Waals surface area (Å²) in [6, 6.07) is 7.56. The van der Waals surface area contributed by atoms with Gasteiger partial charge in [0.25, 0.3) is 0 Å². The Kier molecular flexibility index (Phi) is 3.97. The van der Waals surface area contributed by atoms with Gasteiger partial charge in [-0.2, -0.15) is 0 Å². The third kappa shape index (κ3) is 2.81. The molecule has 0 radical (unpaired) electrons. The highest BCUT2D eigenvalue weighted by molar-refractivity contribution is 5.94. The summed E-state index contributed by atoms with van der Waals surface area (Å²) in [5.41, 5.74) is 2.78. The lowest BCUT2D eigenvalue weighted by Crippen LogP contribution is -2.29. The van der Waals surface area contributed by atoms with Gasteiger partial charge in [0.1, 0.15) is 0 Å². The Hall–Kier alpha value is -1.81. The molecule has 21 heavy (non-hydrogen) atoms. The fourth-order valence-electron chi connectivity index (χ4n) is 3.31. The van der Waals surface area contributed by atoms with E-state index in [1.54, 1.807) is 12.1 Å². The maximum atomic E-state index is 11.1. The first-order valence-corrected chi connectivity index (χ1v) is 7.77. The van der Waals surface area contributed by atoms with Crippen molar-refractivity contribution < 1.29 is 9.90 Å². The second kappa shape index (κ2) is 5.90. The van der Waals surface area contributed by atoms with Gasteiger partial charge < -0.3 is 9.67 Å². The summed E-state index contributed by atoms with van der Waals surface area (Å²) in [7, 11) is 0. The maximum absolute atomic E-state index is 11.1. The van der Waals surface area contributed by atoms with E-state index in [0.717, 1.165) is 24.0 Å². The summed E-state index contributed by atoms with van der Waals surface area (Å²) >= 11 is 0. The molecule has 1 N–H and O–H groups in total. The molecule has 1 fully saturated rings. The summed E-state index contributed by atoms with van der Waals surface area (Å²) < 4.78 is 2.30. The van der Waals surface area contributed by atoms with Crippen LogP contribution in [-0.2, 0) is 13.1 Å². The van der Waals surface area contributed by atoms with E-state index in [2.05, 4.69) is 22.5 Å². The van der Waals surface area contributed by atoms with Gasteiger partial charge in [-0.25, -0.2) is 4.79 Å². The second-order valence-electron chi connectivity index (χ2n) is 5.80. The monoisotopic (exact) mass is 286 g/mol. The standard InChI is InChI=1S/C17H22N2O2/c1-2-19-15(12-18-8-4-3-5-9-18)11-14-10-13(17(20)21)6-7-16(14)19/h6-7,10-11H,2-5,8-9,12H2,1H3,(H,20,21). The van der Waals surface area contributed by atoms with Crippen LogP contribution >= 0.6 is 0 Å². The molecule has 2 heterocycles. The van der Waals surface area contributed by atoms with Gasteiger partial charge in [-0.15, -0.1) is 0 Å². The molecule has 1 saturated heterocycles. The number of piperidine rings is 1. The van der Waals surface area contributed by atoms with E-state index in [4.69, 9.17) is 5.11 Å². The molecular weight excluding hydrogens is 264 g/mol. The summed E-state index contributed by atoms with van der Waals surface area (Å²) in [6.07, 6.45) is 3.92. The maximum Gasteiger partial charge on any atom is 0.335 e. The summed E-state index contributed by atoms with van der Waals surface area (Å²) in [5.74, 6) is -0.862. The normalized spacial score (nSPS) is 16.4. The van der Waals surface area contributed by atoms with Crippen molar-refractivity contribution in [2.75, 3.05) is 13.1 Å².